The van der Waals surface area contributed by atoms with E-state index in [0.717, 1.165) is 6.54 Å². The Bertz CT molecular complexity index is 48.0. The number of nitrogens with one attached hydrogen (secondary N) is 1. The van der Waals surface area contributed by atoms with E-state index in [1.807, 2.05) is 6.67 Å². The van der Waals surface area contributed by atoms with Crippen molar-refractivity contribution in [3.05, 3.63) is 6.67 Å². The standard InChI is InChI=1S/C5H11N2/c1-7-4-2-3-6-5-7/h5-6H,2-4H2,1H3. The molecule has 1 radical (unpaired) electrons. The molecule has 1 N–H and O–H groups in total. The van der Waals surface area contributed by atoms with Crippen molar-refractivity contribution >= 4 is 0 Å². The van der Waals surface area contributed by atoms with Crippen LogP contribution in [0.3, 0.4) is 0 Å². The molecule has 41 valence electrons. The molecule has 1 heterocycles. The lowest BCUT2D eigenvalue weighted by atomic mass is 10.3. The van der Waals surface area contributed by atoms with Crippen molar-refractivity contribution in [3.8, 4) is 0 Å². The normalized spacial score (nSPS) is 25.3. The molecule has 0 aromatic rings. The maximum absolute atomic E-state index is 3.14. The summed E-state index contributed by atoms with van der Waals surface area (Å²) in [5.74, 6) is 0. The first kappa shape index (κ1) is 5.06. The van der Waals surface area contributed by atoms with Crippen molar-refractivity contribution in [2.75, 3.05) is 20.1 Å². The Morgan fingerprint density at radius 1 is 1.71 bits per heavy atom. The van der Waals surface area contributed by atoms with Crippen LogP contribution in [0, 0.1) is 6.67 Å². The summed E-state index contributed by atoms with van der Waals surface area (Å²) < 4.78 is 0. The van der Waals surface area contributed by atoms with E-state index in [2.05, 4.69) is 17.3 Å². The summed E-state index contributed by atoms with van der Waals surface area (Å²) in [7, 11) is 2.08. The second-order valence-corrected chi connectivity index (χ2v) is 1.92. The van der Waals surface area contributed by atoms with Crippen LogP contribution in [0.4, 0.5) is 0 Å². The Balaban J connectivity index is 2.12. The zero-order chi connectivity index (χ0) is 5.11. The van der Waals surface area contributed by atoms with Gasteiger partial charge in [-0.25, -0.2) is 0 Å². The molecule has 7 heavy (non-hydrogen) atoms. The molecule has 0 aromatic heterocycles. The van der Waals surface area contributed by atoms with Crippen LogP contribution in [0.2, 0.25) is 0 Å². The molecule has 1 saturated heterocycles. The van der Waals surface area contributed by atoms with Crippen LogP contribution in [0.15, 0.2) is 0 Å². The highest BCUT2D eigenvalue weighted by molar-refractivity contribution is 4.68. The Kier molecular flexibility index (Phi) is 1.65. The third-order valence-electron chi connectivity index (χ3n) is 1.14. The number of hydrogen-bond donors (Lipinski definition) is 1. The molecule has 0 amide bonds. The smallest absolute Gasteiger partial charge is 0.0891 e. The van der Waals surface area contributed by atoms with Gasteiger partial charge in [0.25, 0.3) is 0 Å². The molecule has 0 atom stereocenters. The fourth-order valence-electron chi connectivity index (χ4n) is 0.715. The van der Waals surface area contributed by atoms with E-state index in [1.165, 1.54) is 13.0 Å². The van der Waals surface area contributed by atoms with Gasteiger partial charge in [0.15, 0.2) is 0 Å². The molecule has 0 aliphatic carbocycles. The molecule has 1 aliphatic rings. The molecule has 0 unspecified atom stereocenters. The van der Waals surface area contributed by atoms with E-state index >= 15 is 0 Å². The zero-order valence-corrected chi connectivity index (χ0v) is 4.65. The van der Waals surface area contributed by atoms with Gasteiger partial charge in [0.2, 0.25) is 0 Å². The Morgan fingerprint density at radius 3 is 2.86 bits per heavy atom. The maximum Gasteiger partial charge on any atom is 0.0891 e. The number of rotatable bonds is 0. The highest BCUT2D eigenvalue weighted by Crippen LogP contribution is 1.92. The first-order chi connectivity index (χ1) is 3.39. The van der Waals surface area contributed by atoms with Gasteiger partial charge in [-0.2, -0.15) is 0 Å². The molecule has 1 fully saturated rings. The van der Waals surface area contributed by atoms with Gasteiger partial charge < -0.3 is 0 Å². The van der Waals surface area contributed by atoms with Crippen LogP contribution in [0.1, 0.15) is 6.42 Å². The second-order valence-electron chi connectivity index (χ2n) is 1.92. The van der Waals surface area contributed by atoms with E-state index in [9.17, 15) is 0 Å². The van der Waals surface area contributed by atoms with Crippen LogP contribution in [0.5, 0.6) is 0 Å². The monoisotopic (exact) mass is 99.1 g/mol. The van der Waals surface area contributed by atoms with Crippen molar-refractivity contribution < 1.29 is 0 Å². The minimum Gasteiger partial charge on any atom is -0.299 e. The van der Waals surface area contributed by atoms with Gasteiger partial charge in [-0.3, -0.25) is 10.2 Å². The lowest BCUT2D eigenvalue weighted by Gasteiger charge is -2.21. The fraction of sp³-hybridized carbons (Fsp3) is 0.800. The van der Waals surface area contributed by atoms with Crippen LogP contribution >= 0.6 is 0 Å². The molecule has 1 aliphatic heterocycles. The van der Waals surface area contributed by atoms with Crippen LogP contribution < -0.4 is 5.32 Å². The summed E-state index contributed by atoms with van der Waals surface area (Å²) in [6.07, 6.45) is 1.27. The van der Waals surface area contributed by atoms with E-state index in [1.54, 1.807) is 0 Å². The van der Waals surface area contributed by atoms with Crippen LogP contribution in [0.25, 0.3) is 0 Å². The first-order valence-corrected chi connectivity index (χ1v) is 2.66. The average molecular weight is 99.2 g/mol. The van der Waals surface area contributed by atoms with Gasteiger partial charge >= 0.3 is 0 Å². The Morgan fingerprint density at radius 2 is 2.57 bits per heavy atom. The van der Waals surface area contributed by atoms with Gasteiger partial charge in [-0.05, 0) is 20.0 Å². The Hall–Kier alpha value is -0.0800. The van der Waals surface area contributed by atoms with Gasteiger partial charge in [-0.1, -0.05) is 0 Å². The second kappa shape index (κ2) is 2.28. The number of hydrogen-bond acceptors (Lipinski definition) is 2. The minimum atomic E-state index is 1.14. The number of nitrogens with zero attached hydrogens (tertiary/aromatic N) is 1. The minimum absolute atomic E-state index is 1.14. The molecule has 0 saturated carbocycles. The Labute approximate surface area is 44.5 Å². The van der Waals surface area contributed by atoms with Gasteiger partial charge in [-0.15, -0.1) is 0 Å². The summed E-state index contributed by atoms with van der Waals surface area (Å²) in [5.41, 5.74) is 0. The first-order valence-electron chi connectivity index (χ1n) is 2.66. The largest absolute Gasteiger partial charge is 0.299 e. The fourth-order valence-corrected chi connectivity index (χ4v) is 0.715. The van der Waals surface area contributed by atoms with Crippen LogP contribution in [-0.2, 0) is 0 Å². The van der Waals surface area contributed by atoms with E-state index < -0.39 is 0 Å². The van der Waals surface area contributed by atoms with Crippen molar-refractivity contribution in [1.29, 1.82) is 0 Å². The van der Waals surface area contributed by atoms with Gasteiger partial charge in [0.1, 0.15) is 0 Å². The lowest BCUT2D eigenvalue weighted by molar-refractivity contribution is 0.324. The molecular weight excluding hydrogens is 88.1 g/mol. The highest BCUT2D eigenvalue weighted by Gasteiger charge is 2.01. The maximum atomic E-state index is 3.14. The highest BCUT2D eigenvalue weighted by atomic mass is 15.2. The van der Waals surface area contributed by atoms with Gasteiger partial charge in [0.05, 0.1) is 6.67 Å². The van der Waals surface area contributed by atoms with Crippen molar-refractivity contribution in [2.45, 2.75) is 6.42 Å². The summed E-state index contributed by atoms with van der Waals surface area (Å²) in [5, 5.41) is 3.14. The van der Waals surface area contributed by atoms with E-state index in [0.29, 0.717) is 0 Å². The third-order valence-corrected chi connectivity index (χ3v) is 1.14. The predicted molar refractivity (Wildman–Crippen MR) is 29.5 cm³/mol. The van der Waals surface area contributed by atoms with Crippen molar-refractivity contribution in [2.24, 2.45) is 0 Å². The van der Waals surface area contributed by atoms with E-state index in [4.69, 9.17) is 0 Å². The molecule has 0 spiro atoms. The molecule has 2 heteroatoms. The topological polar surface area (TPSA) is 15.3 Å². The zero-order valence-electron chi connectivity index (χ0n) is 4.65. The summed E-state index contributed by atoms with van der Waals surface area (Å²) in [6, 6.07) is 0. The van der Waals surface area contributed by atoms with Crippen molar-refractivity contribution in [3.63, 3.8) is 0 Å². The van der Waals surface area contributed by atoms with Crippen LogP contribution in [-0.4, -0.2) is 25.0 Å². The molecular formula is C5H11N2. The SMILES string of the molecule is CN1[CH]NCCC1. The van der Waals surface area contributed by atoms with Gasteiger partial charge in [0, 0.05) is 6.54 Å². The quantitative estimate of drug-likeness (QED) is 0.461. The molecule has 2 nitrogen and oxygen atoms in total. The third kappa shape index (κ3) is 1.45. The average Bonchev–Trinajstić information content (AvgIpc) is 1.69. The molecule has 0 bridgehead atoms. The summed E-state index contributed by atoms with van der Waals surface area (Å²) in [6.45, 7) is 4.36. The summed E-state index contributed by atoms with van der Waals surface area (Å²) in [4.78, 5) is 2.16. The van der Waals surface area contributed by atoms with E-state index in [-0.39, 0.29) is 0 Å². The summed E-state index contributed by atoms with van der Waals surface area (Å²) >= 11 is 0. The molecule has 1 rings (SSSR count). The predicted octanol–water partition coefficient (Wildman–Crippen LogP) is 0.0308. The lowest BCUT2D eigenvalue weighted by Crippen LogP contribution is -2.33. The van der Waals surface area contributed by atoms with Crippen molar-refractivity contribution in [1.82, 2.24) is 10.2 Å². The molecule has 0 aromatic carbocycles.